The summed E-state index contributed by atoms with van der Waals surface area (Å²) >= 11 is 6.14. The first-order valence-electron chi connectivity index (χ1n) is 7.35. The summed E-state index contributed by atoms with van der Waals surface area (Å²) in [5.41, 5.74) is 0.900. The Kier molecular flexibility index (Phi) is 7.66. The highest BCUT2D eigenvalue weighted by Gasteiger charge is 2.15. The van der Waals surface area contributed by atoms with E-state index in [4.69, 9.17) is 11.6 Å². The highest BCUT2D eigenvalue weighted by molar-refractivity contribution is 7.89. The van der Waals surface area contributed by atoms with Crippen LogP contribution in [0.3, 0.4) is 0 Å². The minimum atomic E-state index is -3.47. The molecular formula is C15H25ClN2O2S. The fourth-order valence-electron chi connectivity index (χ4n) is 1.90. The van der Waals surface area contributed by atoms with Gasteiger partial charge in [0.05, 0.1) is 4.90 Å². The molecule has 0 bridgehead atoms. The van der Waals surface area contributed by atoms with E-state index in [1.54, 1.807) is 12.1 Å². The third-order valence-corrected chi connectivity index (χ3v) is 4.96. The maximum atomic E-state index is 12.2. The second-order valence-corrected chi connectivity index (χ2v) is 7.64. The number of nitrogens with one attached hydrogen (secondary N) is 2. The monoisotopic (exact) mass is 332 g/mol. The molecular weight excluding hydrogens is 308 g/mol. The predicted molar refractivity (Wildman–Crippen MR) is 88.1 cm³/mol. The molecule has 1 rings (SSSR count). The van der Waals surface area contributed by atoms with Crippen molar-refractivity contribution in [1.82, 2.24) is 10.0 Å². The summed E-state index contributed by atoms with van der Waals surface area (Å²) in [4.78, 5) is 0.220. The number of hydrogen-bond donors (Lipinski definition) is 2. The molecule has 0 aliphatic rings. The SMILES string of the molecule is CCNCc1ccc(S(=O)(=O)NCCCC(C)C)cc1Cl. The molecule has 4 nitrogen and oxygen atoms in total. The molecule has 6 heteroatoms. The van der Waals surface area contributed by atoms with Gasteiger partial charge in [0, 0.05) is 18.1 Å². The predicted octanol–water partition coefficient (Wildman–Crippen LogP) is 3.16. The van der Waals surface area contributed by atoms with Crippen LogP contribution >= 0.6 is 11.6 Å². The Labute approximate surface area is 133 Å². The second-order valence-electron chi connectivity index (χ2n) is 5.47. The van der Waals surface area contributed by atoms with Gasteiger partial charge in [-0.2, -0.15) is 0 Å². The van der Waals surface area contributed by atoms with Crippen molar-refractivity contribution in [2.75, 3.05) is 13.1 Å². The summed E-state index contributed by atoms with van der Waals surface area (Å²) in [5.74, 6) is 0.578. The minimum absolute atomic E-state index is 0.220. The molecule has 0 aliphatic heterocycles. The Morgan fingerprint density at radius 2 is 2.00 bits per heavy atom. The number of benzene rings is 1. The number of sulfonamides is 1. The van der Waals surface area contributed by atoms with Crippen LogP contribution < -0.4 is 10.0 Å². The summed E-state index contributed by atoms with van der Waals surface area (Å²) in [6, 6.07) is 4.87. The minimum Gasteiger partial charge on any atom is -0.313 e. The molecule has 0 saturated heterocycles. The van der Waals surface area contributed by atoms with E-state index in [1.807, 2.05) is 6.92 Å². The Morgan fingerprint density at radius 1 is 1.29 bits per heavy atom. The molecule has 0 heterocycles. The van der Waals surface area contributed by atoms with Crippen LogP contribution in [0.2, 0.25) is 5.02 Å². The summed E-state index contributed by atoms with van der Waals surface area (Å²) in [5, 5.41) is 3.64. The number of halogens is 1. The fourth-order valence-corrected chi connectivity index (χ4v) is 3.31. The van der Waals surface area contributed by atoms with Gasteiger partial charge in [-0.3, -0.25) is 0 Å². The van der Waals surface area contributed by atoms with Crippen molar-refractivity contribution in [1.29, 1.82) is 0 Å². The maximum Gasteiger partial charge on any atom is 0.240 e. The molecule has 1 aromatic carbocycles. The van der Waals surface area contributed by atoms with Crippen LogP contribution in [0.5, 0.6) is 0 Å². The molecule has 0 aliphatic carbocycles. The Balaban J connectivity index is 2.68. The van der Waals surface area contributed by atoms with Crippen molar-refractivity contribution in [3.63, 3.8) is 0 Å². The summed E-state index contributed by atoms with van der Waals surface area (Å²) in [6.45, 7) is 8.19. The first kappa shape index (κ1) is 18.4. The molecule has 0 spiro atoms. The fraction of sp³-hybridized carbons (Fsp3) is 0.600. The Bertz CT molecular complexity index is 545. The van der Waals surface area contributed by atoms with Crippen LogP contribution in [-0.4, -0.2) is 21.5 Å². The normalized spacial score (nSPS) is 12.0. The van der Waals surface area contributed by atoms with E-state index < -0.39 is 10.0 Å². The zero-order chi connectivity index (χ0) is 15.9. The van der Waals surface area contributed by atoms with E-state index in [0.29, 0.717) is 24.0 Å². The lowest BCUT2D eigenvalue weighted by molar-refractivity contribution is 0.540. The molecule has 1 aromatic rings. The lowest BCUT2D eigenvalue weighted by Crippen LogP contribution is -2.25. The highest BCUT2D eigenvalue weighted by atomic mass is 35.5. The molecule has 120 valence electrons. The van der Waals surface area contributed by atoms with Gasteiger partial charge < -0.3 is 5.32 Å². The van der Waals surface area contributed by atoms with Gasteiger partial charge in [0.15, 0.2) is 0 Å². The first-order valence-corrected chi connectivity index (χ1v) is 9.21. The van der Waals surface area contributed by atoms with Crippen molar-refractivity contribution >= 4 is 21.6 Å². The third kappa shape index (κ3) is 6.34. The van der Waals surface area contributed by atoms with Crippen LogP contribution in [0.4, 0.5) is 0 Å². The van der Waals surface area contributed by atoms with Gasteiger partial charge in [-0.1, -0.05) is 38.4 Å². The summed E-state index contributed by atoms with van der Waals surface area (Å²) in [6.07, 6.45) is 1.84. The highest BCUT2D eigenvalue weighted by Crippen LogP contribution is 2.20. The van der Waals surface area contributed by atoms with Crippen LogP contribution in [-0.2, 0) is 16.6 Å². The van der Waals surface area contributed by atoms with E-state index in [1.165, 1.54) is 6.07 Å². The van der Waals surface area contributed by atoms with E-state index in [-0.39, 0.29) is 4.90 Å². The zero-order valence-corrected chi connectivity index (χ0v) is 14.5. The van der Waals surface area contributed by atoms with E-state index in [0.717, 1.165) is 24.9 Å². The van der Waals surface area contributed by atoms with Crippen molar-refractivity contribution in [3.05, 3.63) is 28.8 Å². The van der Waals surface area contributed by atoms with E-state index >= 15 is 0 Å². The van der Waals surface area contributed by atoms with Crippen molar-refractivity contribution in [3.8, 4) is 0 Å². The van der Waals surface area contributed by atoms with Gasteiger partial charge in [-0.05, 0) is 43.0 Å². The van der Waals surface area contributed by atoms with Gasteiger partial charge >= 0.3 is 0 Å². The van der Waals surface area contributed by atoms with Gasteiger partial charge in [0.25, 0.3) is 0 Å². The van der Waals surface area contributed by atoms with Crippen molar-refractivity contribution in [2.45, 2.75) is 45.1 Å². The first-order chi connectivity index (χ1) is 9.86. The zero-order valence-electron chi connectivity index (χ0n) is 12.9. The lowest BCUT2D eigenvalue weighted by Gasteiger charge is -2.10. The topological polar surface area (TPSA) is 58.2 Å². The van der Waals surface area contributed by atoms with Crippen LogP contribution in [0.15, 0.2) is 23.1 Å². The smallest absolute Gasteiger partial charge is 0.240 e. The van der Waals surface area contributed by atoms with Crippen molar-refractivity contribution < 1.29 is 8.42 Å². The van der Waals surface area contributed by atoms with E-state index in [2.05, 4.69) is 23.9 Å². The average molecular weight is 333 g/mol. The van der Waals surface area contributed by atoms with Gasteiger partial charge in [-0.25, -0.2) is 13.1 Å². The number of rotatable bonds is 9. The standard InChI is InChI=1S/C15H25ClN2O2S/c1-4-17-11-13-7-8-14(10-15(13)16)21(19,20)18-9-5-6-12(2)3/h7-8,10,12,17-18H,4-6,9,11H2,1-3H3. The van der Waals surface area contributed by atoms with Gasteiger partial charge in [0.1, 0.15) is 0 Å². The summed E-state index contributed by atoms with van der Waals surface area (Å²) < 4.78 is 27.0. The number of hydrogen-bond acceptors (Lipinski definition) is 3. The van der Waals surface area contributed by atoms with Crippen LogP contribution in [0, 0.1) is 5.92 Å². The summed E-state index contributed by atoms with van der Waals surface area (Å²) in [7, 11) is -3.47. The lowest BCUT2D eigenvalue weighted by atomic mass is 10.1. The molecule has 0 amide bonds. The molecule has 0 radical (unpaired) electrons. The Morgan fingerprint density at radius 3 is 2.57 bits per heavy atom. The van der Waals surface area contributed by atoms with E-state index in [9.17, 15) is 8.42 Å². The average Bonchev–Trinajstić information content (AvgIpc) is 2.42. The third-order valence-electron chi connectivity index (χ3n) is 3.15. The van der Waals surface area contributed by atoms with Gasteiger partial charge in [-0.15, -0.1) is 0 Å². The molecule has 0 aromatic heterocycles. The molecule has 21 heavy (non-hydrogen) atoms. The molecule has 0 unspecified atom stereocenters. The molecule has 2 N–H and O–H groups in total. The largest absolute Gasteiger partial charge is 0.313 e. The second kappa shape index (κ2) is 8.73. The quantitative estimate of drug-likeness (QED) is 0.683. The van der Waals surface area contributed by atoms with Crippen LogP contribution in [0.25, 0.3) is 0 Å². The van der Waals surface area contributed by atoms with Crippen molar-refractivity contribution in [2.24, 2.45) is 5.92 Å². The molecule has 0 saturated carbocycles. The van der Waals surface area contributed by atoms with Gasteiger partial charge in [0.2, 0.25) is 10.0 Å². The Hall–Kier alpha value is -0.620. The molecule has 0 fully saturated rings. The molecule has 0 atom stereocenters. The van der Waals surface area contributed by atoms with Crippen LogP contribution in [0.1, 0.15) is 39.2 Å². The maximum absolute atomic E-state index is 12.2.